The number of rotatable bonds is 6. The first-order valence-electron chi connectivity index (χ1n) is 9.14. The van der Waals surface area contributed by atoms with E-state index in [4.69, 9.17) is 4.74 Å². The summed E-state index contributed by atoms with van der Waals surface area (Å²) in [4.78, 5) is 29.4. The monoisotopic (exact) mass is 401 g/mol. The smallest absolute Gasteiger partial charge is 0.261 e. The standard InChI is InChI=1S/C21H19N7O2/c1-14-24-18(12-19(25-14)28-11-10-22-13-28)26-15-5-7-16(8-6-15)27-20(29)17-4-3-9-23-21(17)30-2/h3-13H,1-2H3,(H,27,29)(H,24,25,26). The molecule has 0 aliphatic rings. The SMILES string of the molecule is COc1ncccc1C(=O)Nc1ccc(Nc2cc(-n3ccnc3)nc(C)n2)cc1. The van der Waals surface area contributed by atoms with Crippen LogP contribution in [0.5, 0.6) is 5.88 Å². The van der Waals surface area contributed by atoms with Crippen molar-refractivity contribution in [2.24, 2.45) is 0 Å². The van der Waals surface area contributed by atoms with Gasteiger partial charge in [-0.05, 0) is 43.3 Å². The lowest BCUT2D eigenvalue weighted by molar-refractivity contribution is 0.102. The first kappa shape index (κ1) is 19.1. The fraction of sp³-hybridized carbons (Fsp3) is 0.0952. The van der Waals surface area contributed by atoms with E-state index in [2.05, 4.69) is 30.6 Å². The van der Waals surface area contributed by atoms with Gasteiger partial charge in [-0.25, -0.2) is 19.9 Å². The molecule has 1 aromatic carbocycles. The van der Waals surface area contributed by atoms with Crippen LogP contribution in [0.15, 0.2) is 67.4 Å². The minimum Gasteiger partial charge on any atom is -0.480 e. The lowest BCUT2D eigenvalue weighted by Crippen LogP contribution is -2.13. The largest absolute Gasteiger partial charge is 0.480 e. The highest BCUT2D eigenvalue weighted by molar-refractivity contribution is 6.05. The summed E-state index contributed by atoms with van der Waals surface area (Å²) in [6, 6.07) is 12.5. The minimum atomic E-state index is -0.294. The Labute approximate surface area is 172 Å². The Balaban J connectivity index is 1.47. The highest BCUT2D eigenvalue weighted by atomic mass is 16.5. The zero-order valence-corrected chi connectivity index (χ0v) is 16.4. The number of hydrogen-bond acceptors (Lipinski definition) is 7. The molecule has 3 heterocycles. The van der Waals surface area contributed by atoms with Gasteiger partial charge in [-0.3, -0.25) is 9.36 Å². The van der Waals surface area contributed by atoms with E-state index in [0.717, 1.165) is 11.5 Å². The maximum absolute atomic E-state index is 12.5. The molecule has 0 aliphatic heterocycles. The normalized spacial score (nSPS) is 10.5. The molecule has 3 aromatic heterocycles. The van der Waals surface area contributed by atoms with E-state index in [-0.39, 0.29) is 11.8 Å². The number of amides is 1. The van der Waals surface area contributed by atoms with Crippen LogP contribution >= 0.6 is 0 Å². The maximum atomic E-state index is 12.5. The van der Waals surface area contributed by atoms with Gasteiger partial charge in [0.2, 0.25) is 5.88 Å². The van der Waals surface area contributed by atoms with Gasteiger partial charge in [0.1, 0.15) is 29.4 Å². The van der Waals surface area contributed by atoms with Crippen LogP contribution in [0.1, 0.15) is 16.2 Å². The van der Waals surface area contributed by atoms with E-state index >= 15 is 0 Å². The van der Waals surface area contributed by atoms with Gasteiger partial charge < -0.3 is 15.4 Å². The molecule has 2 N–H and O–H groups in total. The Morgan fingerprint density at radius 3 is 2.60 bits per heavy atom. The quantitative estimate of drug-likeness (QED) is 0.510. The predicted molar refractivity (Wildman–Crippen MR) is 112 cm³/mol. The number of imidazole rings is 1. The van der Waals surface area contributed by atoms with E-state index < -0.39 is 0 Å². The summed E-state index contributed by atoms with van der Waals surface area (Å²) in [5.41, 5.74) is 1.83. The highest BCUT2D eigenvalue weighted by Gasteiger charge is 2.13. The Morgan fingerprint density at radius 2 is 1.87 bits per heavy atom. The summed E-state index contributed by atoms with van der Waals surface area (Å²) in [7, 11) is 1.48. The lowest BCUT2D eigenvalue weighted by Gasteiger charge is -2.11. The number of carbonyl (C=O) groups excluding carboxylic acids is 1. The number of hydrogen-bond donors (Lipinski definition) is 2. The van der Waals surface area contributed by atoms with Gasteiger partial charge in [0.25, 0.3) is 5.91 Å². The topological polar surface area (TPSA) is 107 Å². The molecule has 9 nitrogen and oxygen atoms in total. The van der Waals surface area contributed by atoms with Crippen LogP contribution in [-0.4, -0.2) is 37.5 Å². The molecule has 1 amide bonds. The maximum Gasteiger partial charge on any atom is 0.261 e. The van der Waals surface area contributed by atoms with Crippen LogP contribution < -0.4 is 15.4 Å². The van der Waals surface area contributed by atoms with Crippen molar-refractivity contribution in [3.63, 3.8) is 0 Å². The molecule has 0 saturated carbocycles. The first-order chi connectivity index (χ1) is 14.6. The van der Waals surface area contributed by atoms with Crippen molar-refractivity contribution in [1.82, 2.24) is 24.5 Å². The third-order valence-electron chi connectivity index (χ3n) is 4.22. The first-order valence-corrected chi connectivity index (χ1v) is 9.14. The van der Waals surface area contributed by atoms with Crippen molar-refractivity contribution in [1.29, 1.82) is 0 Å². The summed E-state index contributed by atoms with van der Waals surface area (Å²) in [6.07, 6.45) is 6.77. The number of benzene rings is 1. The Hall–Kier alpha value is -4.27. The zero-order valence-electron chi connectivity index (χ0n) is 16.4. The Morgan fingerprint density at radius 1 is 1.07 bits per heavy atom. The molecule has 4 aromatic rings. The molecule has 4 rings (SSSR count). The van der Waals surface area contributed by atoms with Crippen molar-refractivity contribution in [2.45, 2.75) is 6.92 Å². The molecule has 0 saturated heterocycles. The molecule has 150 valence electrons. The number of aryl methyl sites for hydroxylation is 1. The van der Waals surface area contributed by atoms with Crippen molar-refractivity contribution in [2.75, 3.05) is 17.7 Å². The van der Waals surface area contributed by atoms with Gasteiger partial charge in [-0.2, -0.15) is 0 Å². The Kier molecular flexibility index (Phi) is 5.33. The minimum absolute atomic E-state index is 0.279. The van der Waals surface area contributed by atoms with Crippen molar-refractivity contribution in [3.8, 4) is 11.7 Å². The summed E-state index contributed by atoms with van der Waals surface area (Å²) in [6.45, 7) is 1.83. The number of nitrogens with zero attached hydrogens (tertiary/aromatic N) is 5. The van der Waals surface area contributed by atoms with Crippen LogP contribution in [0.3, 0.4) is 0 Å². The predicted octanol–water partition coefficient (Wildman–Crippen LogP) is 3.37. The molecule has 30 heavy (non-hydrogen) atoms. The van der Waals surface area contributed by atoms with Gasteiger partial charge in [0, 0.05) is 36.0 Å². The van der Waals surface area contributed by atoms with E-state index in [1.807, 2.05) is 35.9 Å². The number of methoxy groups -OCH3 is 1. The molecule has 0 unspecified atom stereocenters. The van der Waals surface area contributed by atoms with Crippen LogP contribution in [-0.2, 0) is 0 Å². The summed E-state index contributed by atoms with van der Waals surface area (Å²) >= 11 is 0. The van der Waals surface area contributed by atoms with Gasteiger partial charge in [0.15, 0.2) is 0 Å². The second kappa shape index (κ2) is 8.39. The van der Waals surface area contributed by atoms with Crippen molar-refractivity contribution >= 4 is 23.1 Å². The summed E-state index contributed by atoms with van der Waals surface area (Å²) < 4.78 is 6.95. The van der Waals surface area contributed by atoms with E-state index in [9.17, 15) is 4.79 Å². The molecular weight excluding hydrogens is 382 g/mol. The lowest BCUT2D eigenvalue weighted by atomic mass is 10.2. The van der Waals surface area contributed by atoms with Crippen LogP contribution in [0.4, 0.5) is 17.2 Å². The average molecular weight is 401 g/mol. The number of pyridine rings is 1. The summed E-state index contributed by atoms with van der Waals surface area (Å²) in [5.74, 6) is 2.00. The molecule has 9 heteroatoms. The van der Waals surface area contributed by atoms with Gasteiger partial charge in [-0.1, -0.05) is 0 Å². The molecule has 0 bridgehead atoms. The molecular formula is C21H19N7O2. The fourth-order valence-electron chi connectivity index (χ4n) is 2.85. The number of nitrogens with one attached hydrogen (secondary N) is 2. The Bertz CT molecular complexity index is 1160. The molecule has 0 aliphatic carbocycles. The van der Waals surface area contributed by atoms with E-state index in [0.29, 0.717) is 22.9 Å². The second-order valence-corrected chi connectivity index (χ2v) is 6.35. The van der Waals surface area contributed by atoms with Crippen molar-refractivity contribution in [3.05, 3.63) is 78.8 Å². The van der Waals surface area contributed by atoms with Crippen LogP contribution in [0.25, 0.3) is 5.82 Å². The number of aromatic nitrogens is 5. The van der Waals surface area contributed by atoms with Gasteiger partial charge in [-0.15, -0.1) is 0 Å². The fourth-order valence-corrected chi connectivity index (χ4v) is 2.85. The van der Waals surface area contributed by atoms with Crippen LogP contribution in [0, 0.1) is 6.92 Å². The molecule has 0 atom stereocenters. The van der Waals surface area contributed by atoms with Crippen LogP contribution in [0.2, 0.25) is 0 Å². The zero-order chi connectivity index (χ0) is 20.9. The third kappa shape index (κ3) is 4.25. The second-order valence-electron chi connectivity index (χ2n) is 6.35. The number of anilines is 3. The summed E-state index contributed by atoms with van der Waals surface area (Å²) in [5, 5.41) is 6.09. The van der Waals surface area contributed by atoms with E-state index in [1.54, 1.807) is 43.0 Å². The number of carbonyl (C=O) groups is 1. The molecule has 0 radical (unpaired) electrons. The number of ether oxygens (including phenoxy) is 1. The van der Waals surface area contributed by atoms with Crippen molar-refractivity contribution < 1.29 is 9.53 Å². The van der Waals surface area contributed by atoms with E-state index in [1.165, 1.54) is 7.11 Å². The van der Waals surface area contributed by atoms with Gasteiger partial charge >= 0.3 is 0 Å². The average Bonchev–Trinajstić information content (AvgIpc) is 3.30. The van der Waals surface area contributed by atoms with Gasteiger partial charge in [0.05, 0.1) is 7.11 Å². The third-order valence-corrected chi connectivity index (χ3v) is 4.22. The molecule has 0 spiro atoms. The highest BCUT2D eigenvalue weighted by Crippen LogP contribution is 2.21. The molecule has 0 fully saturated rings.